The summed E-state index contributed by atoms with van der Waals surface area (Å²) in [4.78, 5) is 34.4. The van der Waals surface area contributed by atoms with E-state index in [1.807, 2.05) is 71.6 Å². The summed E-state index contributed by atoms with van der Waals surface area (Å²) >= 11 is 3.69. The predicted molar refractivity (Wildman–Crippen MR) is 130 cm³/mol. The molecule has 1 aromatic heterocycles. The molecule has 1 fully saturated rings. The number of nitrogens with zero attached hydrogens (tertiary/aromatic N) is 2. The number of aromatic amines is 1. The molecule has 6 heteroatoms. The molecule has 164 valence electrons. The number of halogens is 1. The SMILES string of the molecule is O=C1[C@@H]2Cc3c([nH]c4ccccc34)[C@H](c3ccccc3Br)N2C(=O)CN1Cc1ccccc1. The number of para-hydroxylation sites is 1. The molecule has 1 saturated heterocycles. The Bertz CT molecular complexity index is 1380. The second kappa shape index (κ2) is 7.89. The van der Waals surface area contributed by atoms with Crippen molar-refractivity contribution in [3.8, 4) is 0 Å². The number of hydrogen-bond donors (Lipinski definition) is 1. The average Bonchev–Trinajstić information content (AvgIpc) is 3.21. The molecule has 5 nitrogen and oxygen atoms in total. The maximum absolute atomic E-state index is 13.7. The Morgan fingerprint density at radius 1 is 0.909 bits per heavy atom. The molecule has 2 aliphatic rings. The number of amides is 2. The summed E-state index contributed by atoms with van der Waals surface area (Å²) in [6.07, 6.45) is 0.510. The second-order valence-electron chi connectivity index (χ2n) is 8.69. The van der Waals surface area contributed by atoms with Crippen molar-refractivity contribution >= 4 is 38.6 Å². The van der Waals surface area contributed by atoms with Gasteiger partial charge in [0.1, 0.15) is 12.6 Å². The van der Waals surface area contributed by atoms with E-state index in [0.29, 0.717) is 13.0 Å². The second-order valence-corrected chi connectivity index (χ2v) is 9.54. The minimum atomic E-state index is -0.529. The number of H-pyrrole nitrogens is 1. The standard InChI is InChI=1S/C27H22BrN3O2/c28-21-12-6-4-11-19(21)26-25-20(18-10-5-7-13-22(18)29-25)14-23-27(33)30(16-24(32)31(23)26)15-17-8-2-1-3-9-17/h1-13,23,26,29H,14-16H2/t23-,26-/m0/s1. The van der Waals surface area contributed by atoms with Gasteiger partial charge in [0.25, 0.3) is 0 Å². The Kier molecular flexibility index (Phi) is 4.84. The van der Waals surface area contributed by atoms with Crippen LogP contribution in [0, 0.1) is 0 Å². The van der Waals surface area contributed by atoms with Gasteiger partial charge in [-0.15, -0.1) is 0 Å². The van der Waals surface area contributed by atoms with E-state index in [-0.39, 0.29) is 24.4 Å². The third-order valence-electron chi connectivity index (χ3n) is 6.76. The highest BCUT2D eigenvalue weighted by Gasteiger charge is 2.48. The molecular formula is C27H22BrN3O2. The summed E-state index contributed by atoms with van der Waals surface area (Å²) in [6, 6.07) is 25.1. The fourth-order valence-electron chi connectivity index (χ4n) is 5.28. The van der Waals surface area contributed by atoms with Crippen LogP contribution >= 0.6 is 15.9 Å². The number of aromatic nitrogens is 1. The maximum atomic E-state index is 13.7. The van der Waals surface area contributed by atoms with Gasteiger partial charge in [-0.25, -0.2) is 0 Å². The fraction of sp³-hybridized carbons (Fsp3) is 0.185. The van der Waals surface area contributed by atoms with Crippen molar-refractivity contribution in [2.24, 2.45) is 0 Å². The molecule has 33 heavy (non-hydrogen) atoms. The third-order valence-corrected chi connectivity index (χ3v) is 7.48. The molecule has 0 bridgehead atoms. The Morgan fingerprint density at radius 3 is 2.45 bits per heavy atom. The van der Waals surface area contributed by atoms with Gasteiger partial charge in [0.2, 0.25) is 11.8 Å². The van der Waals surface area contributed by atoms with Crippen LogP contribution in [0.25, 0.3) is 10.9 Å². The quantitative estimate of drug-likeness (QED) is 0.439. The number of carbonyl (C=O) groups excluding carboxylic acids is 2. The van der Waals surface area contributed by atoms with Crippen molar-refractivity contribution in [3.05, 3.63) is 106 Å². The van der Waals surface area contributed by atoms with Crippen LogP contribution < -0.4 is 0 Å². The fourth-order valence-corrected chi connectivity index (χ4v) is 5.78. The number of rotatable bonds is 3. The van der Waals surface area contributed by atoms with E-state index in [2.05, 4.69) is 33.0 Å². The molecule has 3 heterocycles. The summed E-state index contributed by atoms with van der Waals surface area (Å²) in [7, 11) is 0. The Labute approximate surface area is 200 Å². The van der Waals surface area contributed by atoms with Crippen LogP contribution in [0.4, 0.5) is 0 Å². The highest BCUT2D eigenvalue weighted by atomic mass is 79.9. The first-order valence-corrected chi connectivity index (χ1v) is 11.9. The van der Waals surface area contributed by atoms with Crippen LogP contribution in [0.15, 0.2) is 83.3 Å². The van der Waals surface area contributed by atoms with Crippen LogP contribution in [0.1, 0.15) is 28.4 Å². The van der Waals surface area contributed by atoms with E-state index in [1.54, 1.807) is 4.90 Å². The molecule has 2 amide bonds. The molecule has 4 aromatic rings. The van der Waals surface area contributed by atoms with Crippen LogP contribution in [-0.4, -0.2) is 39.2 Å². The van der Waals surface area contributed by atoms with Gasteiger partial charge < -0.3 is 14.8 Å². The van der Waals surface area contributed by atoms with Gasteiger partial charge in [0.15, 0.2) is 0 Å². The Hall–Kier alpha value is -3.38. The number of benzene rings is 3. The van der Waals surface area contributed by atoms with E-state index in [4.69, 9.17) is 0 Å². The molecule has 3 aromatic carbocycles. The summed E-state index contributed by atoms with van der Waals surface area (Å²) in [6.45, 7) is 0.525. The van der Waals surface area contributed by atoms with Gasteiger partial charge in [-0.3, -0.25) is 9.59 Å². The van der Waals surface area contributed by atoms with Crippen molar-refractivity contribution in [2.75, 3.05) is 6.54 Å². The molecule has 6 rings (SSSR count). The van der Waals surface area contributed by atoms with Gasteiger partial charge in [-0.05, 0) is 28.8 Å². The highest BCUT2D eigenvalue weighted by Crippen LogP contribution is 2.44. The smallest absolute Gasteiger partial charge is 0.246 e. The van der Waals surface area contributed by atoms with E-state index in [1.165, 1.54) is 0 Å². The van der Waals surface area contributed by atoms with E-state index in [9.17, 15) is 9.59 Å². The maximum Gasteiger partial charge on any atom is 0.246 e. The van der Waals surface area contributed by atoms with Crippen molar-refractivity contribution in [1.82, 2.24) is 14.8 Å². The molecule has 2 atom stereocenters. The van der Waals surface area contributed by atoms with Crippen molar-refractivity contribution in [3.63, 3.8) is 0 Å². The minimum absolute atomic E-state index is 0.00596. The highest BCUT2D eigenvalue weighted by molar-refractivity contribution is 9.10. The number of piperazine rings is 1. The number of nitrogens with one attached hydrogen (secondary N) is 1. The van der Waals surface area contributed by atoms with Crippen LogP contribution in [0.2, 0.25) is 0 Å². The van der Waals surface area contributed by atoms with Gasteiger partial charge in [-0.1, -0.05) is 82.7 Å². The lowest BCUT2D eigenvalue weighted by Crippen LogP contribution is -2.62. The Balaban J connectivity index is 1.48. The molecule has 1 N–H and O–H groups in total. The van der Waals surface area contributed by atoms with Crippen molar-refractivity contribution in [1.29, 1.82) is 0 Å². The van der Waals surface area contributed by atoms with Crippen molar-refractivity contribution < 1.29 is 9.59 Å². The molecule has 0 radical (unpaired) electrons. The Morgan fingerprint density at radius 2 is 1.64 bits per heavy atom. The predicted octanol–water partition coefficient (Wildman–Crippen LogP) is 4.82. The van der Waals surface area contributed by atoms with Crippen LogP contribution in [0.5, 0.6) is 0 Å². The first-order valence-electron chi connectivity index (χ1n) is 11.1. The lowest BCUT2D eigenvalue weighted by molar-refractivity contribution is -0.159. The number of fused-ring (bicyclic) bond motifs is 4. The van der Waals surface area contributed by atoms with Gasteiger partial charge in [0, 0.05) is 34.0 Å². The molecule has 0 unspecified atom stereocenters. The first kappa shape index (κ1) is 20.2. The topological polar surface area (TPSA) is 56.4 Å². The van der Waals surface area contributed by atoms with Crippen molar-refractivity contribution in [2.45, 2.75) is 25.0 Å². The summed E-state index contributed by atoms with van der Waals surface area (Å²) in [5, 5.41) is 1.12. The lowest BCUT2D eigenvalue weighted by atomic mass is 9.86. The summed E-state index contributed by atoms with van der Waals surface area (Å²) < 4.78 is 0.923. The lowest BCUT2D eigenvalue weighted by Gasteiger charge is -2.47. The first-order chi connectivity index (χ1) is 16.1. The molecule has 0 aliphatic carbocycles. The zero-order valence-corrected chi connectivity index (χ0v) is 19.5. The number of carbonyl (C=O) groups is 2. The minimum Gasteiger partial charge on any atom is -0.356 e. The molecule has 0 saturated carbocycles. The monoisotopic (exact) mass is 499 g/mol. The van der Waals surface area contributed by atoms with E-state index in [0.717, 1.165) is 37.8 Å². The van der Waals surface area contributed by atoms with Gasteiger partial charge >= 0.3 is 0 Å². The summed E-state index contributed by atoms with van der Waals surface area (Å²) in [5.41, 5.74) is 5.15. The zero-order chi connectivity index (χ0) is 22.5. The van der Waals surface area contributed by atoms with Crippen LogP contribution in [-0.2, 0) is 22.6 Å². The normalized spacial score (nSPS) is 20.2. The molecular weight excluding hydrogens is 478 g/mol. The zero-order valence-electron chi connectivity index (χ0n) is 17.9. The largest absolute Gasteiger partial charge is 0.356 e. The van der Waals surface area contributed by atoms with Crippen LogP contribution in [0.3, 0.4) is 0 Å². The third kappa shape index (κ3) is 3.28. The van der Waals surface area contributed by atoms with E-state index < -0.39 is 6.04 Å². The van der Waals surface area contributed by atoms with Gasteiger partial charge in [-0.2, -0.15) is 0 Å². The van der Waals surface area contributed by atoms with E-state index >= 15 is 0 Å². The molecule has 2 aliphatic heterocycles. The number of hydrogen-bond acceptors (Lipinski definition) is 2. The van der Waals surface area contributed by atoms with Gasteiger partial charge in [0.05, 0.1) is 6.04 Å². The average molecular weight is 500 g/mol. The summed E-state index contributed by atoms with van der Waals surface area (Å²) in [5.74, 6) is -0.0213. The molecule has 0 spiro atoms.